The maximum absolute atomic E-state index is 12.2. The number of nitrogens with zero attached hydrogens (tertiary/aromatic N) is 1. The molecule has 2 rings (SSSR count). The fraction of sp³-hybridized carbons (Fsp3) is 0.0667. The third-order valence-electron chi connectivity index (χ3n) is 2.98. The summed E-state index contributed by atoms with van der Waals surface area (Å²) in [5.41, 5.74) is 0.267. The number of hydrogen-bond acceptors (Lipinski definition) is 5. The van der Waals surface area contributed by atoms with Crippen LogP contribution in [0.2, 0.25) is 0 Å². The molecule has 2 N–H and O–H groups in total. The van der Waals surface area contributed by atoms with Crippen molar-refractivity contribution >= 4 is 50.5 Å². The van der Waals surface area contributed by atoms with Crippen molar-refractivity contribution in [2.45, 2.75) is 0 Å². The zero-order valence-electron chi connectivity index (χ0n) is 12.4. The first-order valence-electron chi connectivity index (χ1n) is 6.61. The van der Waals surface area contributed by atoms with E-state index in [2.05, 4.69) is 26.6 Å². The van der Waals surface area contributed by atoms with Gasteiger partial charge >= 0.3 is 0 Å². The quantitative estimate of drug-likeness (QED) is 0.455. The molecule has 0 saturated heterocycles. The summed E-state index contributed by atoms with van der Waals surface area (Å²) in [6, 6.07) is 10.8. The number of amides is 1. The van der Waals surface area contributed by atoms with E-state index in [1.54, 1.807) is 31.4 Å². The van der Waals surface area contributed by atoms with Crippen molar-refractivity contribution in [2.75, 3.05) is 12.4 Å². The summed E-state index contributed by atoms with van der Waals surface area (Å²) in [6.45, 7) is 0. The highest BCUT2D eigenvalue weighted by Crippen LogP contribution is 2.27. The number of carbonyl (C=O) groups is 1. The monoisotopic (exact) mass is 409 g/mol. The second-order valence-electron chi connectivity index (χ2n) is 4.53. The van der Waals surface area contributed by atoms with Crippen LogP contribution in [0.3, 0.4) is 0 Å². The van der Waals surface area contributed by atoms with Gasteiger partial charge in [-0.25, -0.2) is 0 Å². The molecule has 0 unspecified atom stereocenters. The number of methoxy groups -OCH3 is 1. The van der Waals surface area contributed by atoms with Gasteiger partial charge in [-0.15, -0.1) is 0 Å². The highest BCUT2D eigenvalue weighted by atomic mass is 79.9. The van der Waals surface area contributed by atoms with Crippen LogP contribution in [0.4, 0.5) is 11.4 Å². The Bertz CT molecular complexity index is 813. The van der Waals surface area contributed by atoms with E-state index in [9.17, 15) is 14.9 Å². The molecule has 0 heterocycles. The van der Waals surface area contributed by atoms with Crippen molar-refractivity contribution in [2.24, 2.45) is 0 Å². The van der Waals surface area contributed by atoms with Crippen LogP contribution in [0.1, 0.15) is 10.4 Å². The molecule has 0 spiro atoms. The summed E-state index contributed by atoms with van der Waals surface area (Å²) in [5.74, 6) is -0.0113. The molecule has 0 aliphatic carbocycles. The van der Waals surface area contributed by atoms with E-state index in [1.807, 2.05) is 0 Å². The highest BCUT2D eigenvalue weighted by molar-refractivity contribution is 9.10. The van der Waals surface area contributed by atoms with Crippen molar-refractivity contribution in [1.82, 2.24) is 5.32 Å². The van der Waals surface area contributed by atoms with Crippen molar-refractivity contribution in [3.8, 4) is 5.75 Å². The summed E-state index contributed by atoms with van der Waals surface area (Å²) in [5, 5.41) is 16.2. The molecule has 0 atom stereocenters. The third-order valence-corrected chi connectivity index (χ3v) is 3.81. The van der Waals surface area contributed by atoms with Gasteiger partial charge in [0.05, 0.1) is 16.5 Å². The number of carbonyl (C=O) groups excluding carboxylic acids is 1. The van der Waals surface area contributed by atoms with E-state index in [1.165, 1.54) is 18.2 Å². The largest absolute Gasteiger partial charge is 0.496 e. The third kappa shape index (κ3) is 4.27. The smallest absolute Gasteiger partial charge is 0.282 e. The van der Waals surface area contributed by atoms with Crippen LogP contribution in [0.15, 0.2) is 46.9 Å². The number of ether oxygens (including phenoxy) is 1. The SMILES string of the molecule is COc1ccc(NC(=S)NC(=O)c2ccccc2[N+](=O)[O-])cc1Br. The molecule has 24 heavy (non-hydrogen) atoms. The van der Waals surface area contributed by atoms with Crippen LogP contribution in [0.5, 0.6) is 5.75 Å². The number of para-hydroxylation sites is 1. The van der Waals surface area contributed by atoms with Gasteiger partial charge in [-0.3, -0.25) is 20.2 Å². The Morgan fingerprint density at radius 2 is 2.00 bits per heavy atom. The Balaban J connectivity index is 2.09. The molecule has 0 aromatic heterocycles. The normalized spacial score (nSPS) is 9.92. The van der Waals surface area contributed by atoms with Crippen molar-refractivity contribution in [3.05, 3.63) is 62.6 Å². The topological polar surface area (TPSA) is 93.5 Å². The van der Waals surface area contributed by atoms with E-state index >= 15 is 0 Å². The predicted octanol–water partition coefficient (Wildman–Crippen LogP) is 3.49. The van der Waals surface area contributed by atoms with Crippen LogP contribution >= 0.6 is 28.1 Å². The predicted molar refractivity (Wildman–Crippen MR) is 97.5 cm³/mol. The summed E-state index contributed by atoms with van der Waals surface area (Å²) >= 11 is 8.41. The van der Waals surface area contributed by atoms with E-state index in [4.69, 9.17) is 17.0 Å². The first kappa shape index (κ1) is 17.8. The number of thiocarbonyl (C=S) groups is 1. The highest BCUT2D eigenvalue weighted by Gasteiger charge is 2.19. The second-order valence-corrected chi connectivity index (χ2v) is 5.79. The lowest BCUT2D eigenvalue weighted by Gasteiger charge is -2.11. The fourth-order valence-electron chi connectivity index (χ4n) is 1.90. The summed E-state index contributed by atoms with van der Waals surface area (Å²) < 4.78 is 5.83. The van der Waals surface area contributed by atoms with E-state index < -0.39 is 10.8 Å². The number of nitro groups is 1. The summed E-state index contributed by atoms with van der Waals surface area (Å²) in [4.78, 5) is 22.5. The zero-order valence-corrected chi connectivity index (χ0v) is 14.8. The van der Waals surface area contributed by atoms with Crippen LogP contribution in [0, 0.1) is 10.1 Å². The van der Waals surface area contributed by atoms with E-state index in [-0.39, 0.29) is 16.4 Å². The van der Waals surface area contributed by atoms with Gasteiger partial charge in [0, 0.05) is 11.8 Å². The van der Waals surface area contributed by atoms with E-state index in [0.29, 0.717) is 15.9 Å². The van der Waals surface area contributed by atoms with Gasteiger partial charge in [0.2, 0.25) is 0 Å². The first-order valence-corrected chi connectivity index (χ1v) is 7.81. The molecule has 7 nitrogen and oxygen atoms in total. The van der Waals surface area contributed by atoms with Crippen LogP contribution in [-0.2, 0) is 0 Å². The minimum atomic E-state index is -0.660. The molecule has 0 aliphatic rings. The number of anilines is 1. The summed E-state index contributed by atoms with van der Waals surface area (Å²) in [7, 11) is 1.55. The Kier molecular flexibility index (Phi) is 5.83. The number of halogens is 1. The lowest BCUT2D eigenvalue weighted by Crippen LogP contribution is -2.34. The number of hydrogen-bond donors (Lipinski definition) is 2. The minimum Gasteiger partial charge on any atom is -0.496 e. The fourth-order valence-corrected chi connectivity index (χ4v) is 2.65. The molecule has 0 radical (unpaired) electrons. The molecule has 124 valence electrons. The van der Waals surface area contributed by atoms with Gasteiger partial charge in [-0.1, -0.05) is 12.1 Å². The average molecular weight is 410 g/mol. The van der Waals surface area contributed by atoms with Crippen molar-refractivity contribution in [3.63, 3.8) is 0 Å². The zero-order chi connectivity index (χ0) is 17.7. The molecule has 2 aromatic carbocycles. The first-order chi connectivity index (χ1) is 11.4. The Morgan fingerprint density at radius 3 is 2.62 bits per heavy atom. The average Bonchev–Trinajstić information content (AvgIpc) is 2.54. The van der Waals surface area contributed by atoms with Crippen molar-refractivity contribution < 1.29 is 14.5 Å². The molecule has 9 heteroatoms. The second kappa shape index (κ2) is 7.84. The lowest BCUT2D eigenvalue weighted by molar-refractivity contribution is -0.385. The molecule has 0 aliphatic heterocycles. The van der Waals surface area contributed by atoms with Gasteiger partial charge in [-0.05, 0) is 52.4 Å². The van der Waals surface area contributed by atoms with Crippen LogP contribution < -0.4 is 15.4 Å². The maximum Gasteiger partial charge on any atom is 0.282 e. The Hall–Kier alpha value is -2.52. The van der Waals surface area contributed by atoms with Gasteiger partial charge in [0.15, 0.2) is 5.11 Å². The number of benzene rings is 2. The number of nitro benzene ring substituents is 1. The molecule has 0 bridgehead atoms. The van der Waals surface area contributed by atoms with E-state index in [0.717, 1.165) is 0 Å². The van der Waals surface area contributed by atoms with Crippen LogP contribution in [0.25, 0.3) is 0 Å². The maximum atomic E-state index is 12.2. The molecule has 0 fully saturated rings. The molecular weight excluding hydrogens is 398 g/mol. The Morgan fingerprint density at radius 1 is 1.29 bits per heavy atom. The van der Waals surface area contributed by atoms with Crippen LogP contribution in [-0.4, -0.2) is 23.1 Å². The lowest BCUT2D eigenvalue weighted by atomic mass is 10.1. The molecule has 1 amide bonds. The standard InChI is InChI=1S/C15H12BrN3O4S/c1-23-13-7-6-9(8-11(13)16)17-15(24)18-14(20)10-4-2-3-5-12(10)19(21)22/h2-8H,1H3,(H2,17,18,20,24). The molecule has 2 aromatic rings. The van der Waals surface area contributed by atoms with Gasteiger partial charge in [-0.2, -0.15) is 0 Å². The number of nitrogens with one attached hydrogen (secondary N) is 2. The van der Waals surface area contributed by atoms with Gasteiger partial charge in [0.1, 0.15) is 11.3 Å². The number of rotatable bonds is 4. The molecule has 0 saturated carbocycles. The van der Waals surface area contributed by atoms with Gasteiger partial charge in [0.25, 0.3) is 11.6 Å². The van der Waals surface area contributed by atoms with Crippen molar-refractivity contribution in [1.29, 1.82) is 0 Å². The Labute approximate surface area is 151 Å². The molecular formula is C15H12BrN3O4S. The summed E-state index contributed by atoms with van der Waals surface area (Å²) in [6.07, 6.45) is 0. The minimum absolute atomic E-state index is 0.0233. The van der Waals surface area contributed by atoms with Gasteiger partial charge < -0.3 is 10.1 Å².